The van der Waals surface area contributed by atoms with Crippen LogP contribution in [0.2, 0.25) is 0 Å². The number of para-hydroxylation sites is 1. The van der Waals surface area contributed by atoms with Crippen LogP contribution in [0.5, 0.6) is 0 Å². The average Bonchev–Trinajstić information content (AvgIpc) is 2.56. The normalized spacial score (nSPS) is 12.1. The third kappa shape index (κ3) is 3.01. The maximum atomic E-state index is 12.6. The van der Waals surface area contributed by atoms with E-state index in [2.05, 4.69) is 10.3 Å². The van der Waals surface area contributed by atoms with Gasteiger partial charge in [-0.15, -0.1) is 0 Å². The third-order valence-electron chi connectivity index (χ3n) is 3.98. The van der Waals surface area contributed by atoms with Crippen molar-refractivity contribution < 1.29 is 4.79 Å². The molecule has 1 unspecified atom stereocenters. The molecule has 0 aliphatic rings. The Morgan fingerprint density at radius 1 is 1.17 bits per heavy atom. The molecule has 3 rings (SSSR count). The Morgan fingerprint density at radius 3 is 2.78 bits per heavy atom. The predicted molar refractivity (Wildman–Crippen MR) is 93.2 cm³/mol. The van der Waals surface area contributed by atoms with Crippen LogP contribution in [-0.4, -0.2) is 10.9 Å². The zero-order valence-corrected chi connectivity index (χ0v) is 13.2. The maximum absolute atomic E-state index is 12.6. The highest BCUT2D eigenvalue weighted by Gasteiger charge is 2.15. The number of hydrogen-bond acceptors (Lipinski definition) is 3. The van der Waals surface area contributed by atoms with Gasteiger partial charge in [0.15, 0.2) is 0 Å². The molecule has 4 nitrogen and oxygen atoms in total. The summed E-state index contributed by atoms with van der Waals surface area (Å²) in [7, 11) is 0. The minimum atomic E-state index is -0.151. The molecule has 0 spiro atoms. The summed E-state index contributed by atoms with van der Waals surface area (Å²) in [6.07, 6.45) is 1.77. The molecular formula is C19H19N3O. The lowest BCUT2D eigenvalue weighted by Crippen LogP contribution is -2.27. The number of nitrogen functional groups attached to an aromatic ring is 1. The quantitative estimate of drug-likeness (QED) is 0.726. The molecule has 0 aliphatic carbocycles. The summed E-state index contributed by atoms with van der Waals surface area (Å²) in [4.78, 5) is 17.0. The van der Waals surface area contributed by atoms with E-state index >= 15 is 0 Å². The van der Waals surface area contributed by atoms with Gasteiger partial charge < -0.3 is 11.1 Å². The number of benzene rings is 2. The first-order valence-corrected chi connectivity index (χ1v) is 7.57. The molecule has 2 aromatic carbocycles. The minimum Gasteiger partial charge on any atom is -0.399 e. The molecule has 116 valence electrons. The summed E-state index contributed by atoms with van der Waals surface area (Å²) in [6, 6.07) is 15.1. The zero-order valence-electron chi connectivity index (χ0n) is 13.2. The first-order chi connectivity index (χ1) is 11.1. The summed E-state index contributed by atoms with van der Waals surface area (Å²) in [5, 5.41) is 4.10. The fraction of sp³-hybridized carbons (Fsp3) is 0.158. The number of nitrogens with two attached hydrogens (primary N) is 1. The van der Waals surface area contributed by atoms with Gasteiger partial charge in [0.1, 0.15) is 0 Å². The van der Waals surface area contributed by atoms with Gasteiger partial charge >= 0.3 is 0 Å². The van der Waals surface area contributed by atoms with E-state index in [-0.39, 0.29) is 11.9 Å². The Labute approximate surface area is 135 Å². The van der Waals surface area contributed by atoms with Gasteiger partial charge in [0.25, 0.3) is 5.91 Å². The molecule has 0 saturated carbocycles. The molecule has 3 aromatic rings. The van der Waals surface area contributed by atoms with E-state index < -0.39 is 0 Å². The molecule has 0 aliphatic heterocycles. The number of carbonyl (C=O) groups excluding carboxylic acids is 1. The number of hydrogen-bond donors (Lipinski definition) is 2. The van der Waals surface area contributed by atoms with Gasteiger partial charge in [-0.2, -0.15) is 0 Å². The number of anilines is 1. The molecular weight excluding hydrogens is 286 g/mol. The second-order valence-electron chi connectivity index (χ2n) is 5.69. The van der Waals surface area contributed by atoms with Gasteiger partial charge in [0, 0.05) is 28.4 Å². The third-order valence-corrected chi connectivity index (χ3v) is 3.98. The van der Waals surface area contributed by atoms with Gasteiger partial charge in [0.05, 0.1) is 11.6 Å². The second-order valence-corrected chi connectivity index (χ2v) is 5.69. The maximum Gasteiger partial charge on any atom is 0.252 e. The summed E-state index contributed by atoms with van der Waals surface area (Å²) in [5.74, 6) is -0.129. The molecule has 1 atom stereocenters. The highest BCUT2D eigenvalue weighted by atomic mass is 16.1. The fourth-order valence-electron chi connectivity index (χ4n) is 2.71. The van der Waals surface area contributed by atoms with E-state index in [1.807, 2.05) is 50.2 Å². The molecule has 23 heavy (non-hydrogen) atoms. The molecule has 1 amide bonds. The minimum absolute atomic E-state index is 0.129. The van der Waals surface area contributed by atoms with Crippen LogP contribution >= 0.6 is 0 Å². The van der Waals surface area contributed by atoms with Crippen molar-refractivity contribution in [2.24, 2.45) is 0 Å². The Hall–Kier alpha value is -2.88. The van der Waals surface area contributed by atoms with Gasteiger partial charge in [-0.05, 0) is 37.6 Å². The average molecular weight is 305 g/mol. The zero-order chi connectivity index (χ0) is 16.4. The molecule has 3 N–H and O–H groups in total. The fourth-order valence-corrected chi connectivity index (χ4v) is 2.71. The van der Waals surface area contributed by atoms with Crippen molar-refractivity contribution in [3.05, 3.63) is 71.4 Å². The Balaban J connectivity index is 1.90. The molecule has 0 radical (unpaired) electrons. The van der Waals surface area contributed by atoms with Crippen molar-refractivity contribution in [2.75, 3.05) is 5.73 Å². The van der Waals surface area contributed by atoms with Gasteiger partial charge in [0.2, 0.25) is 0 Å². The van der Waals surface area contributed by atoms with E-state index in [4.69, 9.17) is 5.73 Å². The number of pyridine rings is 1. The Kier molecular flexibility index (Phi) is 3.98. The molecule has 4 heteroatoms. The Bertz CT molecular complexity index is 868. The van der Waals surface area contributed by atoms with Crippen molar-refractivity contribution in [2.45, 2.75) is 19.9 Å². The molecule has 1 heterocycles. The smallest absolute Gasteiger partial charge is 0.252 e. The first kappa shape index (κ1) is 15.0. The number of aromatic nitrogens is 1. The highest BCUT2D eigenvalue weighted by Crippen LogP contribution is 2.23. The first-order valence-electron chi connectivity index (χ1n) is 7.57. The van der Waals surface area contributed by atoms with Crippen molar-refractivity contribution in [1.82, 2.24) is 10.3 Å². The van der Waals surface area contributed by atoms with Gasteiger partial charge in [-0.3, -0.25) is 9.78 Å². The monoisotopic (exact) mass is 305 g/mol. The molecule has 1 aromatic heterocycles. The van der Waals surface area contributed by atoms with Crippen molar-refractivity contribution in [3.63, 3.8) is 0 Å². The number of carbonyl (C=O) groups is 1. The summed E-state index contributed by atoms with van der Waals surface area (Å²) < 4.78 is 0. The van der Waals surface area contributed by atoms with Crippen molar-refractivity contribution in [3.8, 4) is 0 Å². The van der Waals surface area contributed by atoms with E-state index in [9.17, 15) is 4.79 Å². The van der Waals surface area contributed by atoms with Crippen LogP contribution in [0.15, 0.2) is 54.7 Å². The van der Waals surface area contributed by atoms with E-state index in [1.54, 1.807) is 18.3 Å². The van der Waals surface area contributed by atoms with Gasteiger partial charge in [-0.25, -0.2) is 0 Å². The van der Waals surface area contributed by atoms with Crippen LogP contribution in [0.1, 0.15) is 34.5 Å². The van der Waals surface area contributed by atoms with Crippen LogP contribution < -0.4 is 11.1 Å². The number of rotatable bonds is 3. The van der Waals surface area contributed by atoms with E-state index in [0.717, 1.165) is 22.0 Å². The number of nitrogens with one attached hydrogen (secondary N) is 1. The van der Waals surface area contributed by atoms with Crippen LogP contribution in [0.4, 0.5) is 5.69 Å². The van der Waals surface area contributed by atoms with E-state index in [0.29, 0.717) is 11.3 Å². The summed E-state index contributed by atoms with van der Waals surface area (Å²) in [5.41, 5.74) is 9.79. The van der Waals surface area contributed by atoms with Crippen LogP contribution in [0.3, 0.4) is 0 Å². The van der Waals surface area contributed by atoms with Gasteiger partial charge in [-0.1, -0.05) is 30.3 Å². The lowest BCUT2D eigenvalue weighted by molar-refractivity contribution is 0.0939. The number of nitrogens with zero attached hydrogens (tertiary/aromatic N) is 1. The van der Waals surface area contributed by atoms with E-state index in [1.165, 1.54) is 0 Å². The predicted octanol–water partition coefficient (Wildman–Crippen LogP) is 3.62. The lowest BCUT2D eigenvalue weighted by atomic mass is 10.0. The molecule has 0 bridgehead atoms. The van der Waals surface area contributed by atoms with Crippen LogP contribution in [0.25, 0.3) is 10.9 Å². The summed E-state index contributed by atoms with van der Waals surface area (Å²) in [6.45, 7) is 3.86. The second kappa shape index (κ2) is 6.08. The van der Waals surface area contributed by atoms with Crippen molar-refractivity contribution >= 4 is 22.5 Å². The van der Waals surface area contributed by atoms with Crippen LogP contribution in [-0.2, 0) is 0 Å². The Morgan fingerprint density at radius 2 is 1.96 bits per heavy atom. The SMILES string of the molecule is Cc1ccc(N)cc1C(=O)NC(C)c1cccc2cccnc12. The number of amides is 1. The standard InChI is InChI=1S/C19H19N3O/c1-12-8-9-15(20)11-17(12)19(23)22-13(2)16-7-3-5-14-6-4-10-21-18(14)16/h3-11,13H,20H2,1-2H3,(H,22,23). The van der Waals surface area contributed by atoms with Crippen molar-refractivity contribution in [1.29, 1.82) is 0 Å². The number of fused-ring (bicyclic) bond motifs is 1. The molecule has 0 fully saturated rings. The summed E-state index contributed by atoms with van der Waals surface area (Å²) >= 11 is 0. The number of aryl methyl sites for hydroxylation is 1. The topological polar surface area (TPSA) is 68.0 Å². The largest absolute Gasteiger partial charge is 0.399 e. The molecule has 0 saturated heterocycles. The lowest BCUT2D eigenvalue weighted by Gasteiger charge is -2.17. The van der Waals surface area contributed by atoms with Crippen LogP contribution in [0, 0.1) is 6.92 Å². The highest BCUT2D eigenvalue weighted by molar-refractivity contribution is 5.97.